The quantitative estimate of drug-likeness (QED) is 0.549. The number of methoxy groups -OCH3 is 2. The fraction of sp³-hybridized carbons (Fsp3) is 0.556. The summed E-state index contributed by atoms with van der Waals surface area (Å²) < 4.78 is 10.4. The number of ether oxygens (including phenoxy) is 2. The lowest BCUT2D eigenvalue weighted by Crippen LogP contribution is -2.51. The highest BCUT2D eigenvalue weighted by atomic mass is 32.1. The highest BCUT2D eigenvalue weighted by molar-refractivity contribution is 7.80. The first kappa shape index (κ1) is 19.3. The average Bonchev–Trinajstić information content (AvgIpc) is 2.62. The van der Waals surface area contributed by atoms with Gasteiger partial charge in [-0.3, -0.25) is 15.6 Å². The highest BCUT2D eigenvalue weighted by Crippen LogP contribution is 2.27. The third-order valence-electron chi connectivity index (χ3n) is 4.56. The lowest BCUT2D eigenvalue weighted by molar-refractivity contribution is -0.121. The second-order valence-corrected chi connectivity index (χ2v) is 6.79. The zero-order valence-corrected chi connectivity index (χ0v) is 15.9. The monoisotopic (exact) mass is 365 g/mol. The van der Waals surface area contributed by atoms with Crippen LogP contribution in [0.3, 0.4) is 0 Å². The van der Waals surface area contributed by atoms with Gasteiger partial charge in [0.25, 0.3) is 0 Å². The number of benzene rings is 1. The largest absolute Gasteiger partial charge is 0.493 e. The summed E-state index contributed by atoms with van der Waals surface area (Å²) in [5.74, 6) is 1.66. The van der Waals surface area contributed by atoms with Gasteiger partial charge >= 0.3 is 0 Å². The third-order valence-corrected chi connectivity index (χ3v) is 4.78. The van der Waals surface area contributed by atoms with Crippen LogP contribution < -0.4 is 25.6 Å². The second kappa shape index (κ2) is 9.46. The maximum absolute atomic E-state index is 12.1. The molecule has 1 aromatic carbocycles. The smallest absolute Gasteiger partial charge is 0.242 e. The van der Waals surface area contributed by atoms with Crippen LogP contribution in [-0.2, 0) is 11.2 Å². The van der Waals surface area contributed by atoms with Crippen LogP contribution in [0.15, 0.2) is 18.2 Å². The molecule has 25 heavy (non-hydrogen) atoms. The molecular formula is C18H27N3O3S. The molecule has 1 aromatic rings. The van der Waals surface area contributed by atoms with Gasteiger partial charge in [0.05, 0.1) is 20.6 Å². The van der Waals surface area contributed by atoms with Crippen molar-refractivity contribution in [2.45, 2.75) is 45.1 Å². The molecule has 7 heteroatoms. The van der Waals surface area contributed by atoms with Crippen molar-refractivity contribution in [3.05, 3.63) is 23.8 Å². The summed E-state index contributed by atoms with van der Waals surface area (Å²) in [6.07, 6.45) is 5.04. The van der Waals surface area contributed by atoms with Crippen LogP contribution in [0.1, 0.15) is 38.2 Å². The van der Waals surface area contributed by atoms with Gasteiger partial charge in [0.2, 0.25) is 5.91 Å². The van der Waals surface area contributed by atoms with E-state index in [-0.39, 0.29) is 12.3 Å². The molecule has 2 atom stereocenters. The number of rotatable bonds is 5. The Morgan fingerprint density at radius 2 is 1.88 bits per heavy atom. The number of amides is 1. The summed E-state index contributed by atoms with van der Waals surface area (Å²) >= 11 is 5.27. The number of hydrogen-bond acceptors (Lipinski definition) is 4. The third kappa shape index (κ3) is 5.77. The number of nitrogens with one attached hydrogen (secondary N) is 3. The second-order valence-electron chi connectivity index (χ2n) is 6.38. The van der Waals surface area contributed by atoms with E-state index in [0.717, 1.165) is 12.0 Å². The fourth-order valence-electron chi connectivity index (χ4n) is 3.08. The zero-order chi connectivity index (χ0) is 18.2. The van der Waals surface area contributed by atoms with Gasteiger partial charge < -0.3 is 14.8 Å². The first-order valence-corrected chi connectivity index (χ1v) is 9.00. The van der Waals surface area contributed by atoms with Crippen molar-refractivity contribution < 1.29 is 14.3 Å². The van der Waals surface area contributed by atoms with Crippen LogP contribution in [-0.4, -0.2) is 31.3 Å². The summed E-state index contributed by atoms with van der Waals surface area (Å²) in [5.41, 5.74) is 6.25. The number of hydrogen-bond donors (Lipinski definition) is 3. The number of carbonyl (C=O) groups is 1. The van der Waals surface area contributed by atoms with Crippen LogP contribution in [0.5, 0.6) is 11.5 Å². The minimum Gasteiger partial charge on any atom is -0.493 e. The molecule has 0 spiro atoms. The Hall–Kier alpha value is -2.02. The van der Waals surface area contributed by atoms with E-state index < -0.39 is 0 Å². The van der Waals surface area contributed by atoms with Crippen LogP contribution in [0.4, 0.5) is 0 Å². The SMILES string of the molecule is COc1ccc(CC(=O)NNC(=S)NC2CCCCC2C)cc1OC. The molecule has 0 radical (unpaired) electrons. The van der Waals surface area contributed by atoms with Crippen LogP contribution in [0, 0.1) is 5.92 Å². The van der Waals surface area contributed by atoms with E-state index in [4.69, 9.17) is 21.7 Å². The van der Waals surface area contributed by atoms with E-state index in [1.807, 2.05) is 6.07 Å². The van der Waals surface area contributed by atoms with Gasteiger partial charge in [0, 0.05) is 6.04 Å². The average molecular weight is 365 g/mol. The van der Waals surface area contributed by atoms with Gasteiger partial charge in [0.15, 0.2) is 16.6 Å². The molecule has 2 rings (SSSR count). The lowest BCUT2D eigenvalue weighted by Gasteiger charge is -2.30. The number of hydrazine groups is 1. The van der Waals surface area contributed by atoms with Gasteiger partial charge in [-0.1, -0.05) is 25.8 Å². The molecule has 0 heterocycles. The number of thiocarbonyl (C=S) groups is 1. The summed E-state index contributed by atoms with van der Waals surface area (Å²) in [4.78, 5) is 12.1. The fourth-order valence-corrected chi connectivity index (χ4v) is 3.28. The molecule has 0 bridgehead atoms. The molecule has 0 saturated heterocycles. The Kier molecular flexibility index (Phi) is 7.31. The molecule has 1 fully saturated rings. The van der Waals surface area contributed by atoms with Crippen LogP contribution >= 0.6 is 12.2 Å². The molecule has 1 aliphatic carbocycles. The maximum atomic E-state index is 12.1. The molecule has 0 aliphatic heterocycles. The topological polar surface area (TPSA) is 71.6 Å². The van der Waals surface area contributed by atoms with Gasteiger partial charge in [-0.15, -0.1) is 0 Å². The van der Waals surface area contributed by atoms with Crippen molar-refractivity contribution in [2.75, 3.05) is 14.2 Å². The van der Waals surface area contributed by atoms with E-state index >= 15 is 0 Å². The summed E-state index contributed by atoms with van der Waals surface area (Å²) in [6.45, 7) is 2.23. The minimum atomic E-state index is -0.173. The molecule has 1 amide bonds. The highest BCUT2D eigenvalue weighted by Gasteiger charge is 2.21. The first-order valence-electron chi connectivity index (χ1n) is 8.59. The predicted molar refractivity (Wildman–Crippen MR) is 102 cm³/mol. The minimum absolute atomic E-state index is 0.173. The normalized spacial score (nSPS) is 19.6. The summed E-state index contributed by atoms with van der Waals surface area (Å²) in [6, 6.07) is 5.78. The first-order chi connectivity index (χ1) is 12.0. The Bertz CT molecular complexity index is 609. The molecule has 6 nitrogen and oxygen atoms in total. The van der Waals surface area contributed by atoms with E-state index in [2.05, 4.69) is 23.1 Å². The molecule has 1 aliphatic rings. The Morgan fingerprint density at radius 3 is 2.56 bits per heavy atom. The van der Waals surface area contributed by atoms with Crippen molar-refractivity contribution in [1.82, 2.24) is 16.2 Å². The lowest BCUT2D eigenvalue weighted by atomic mass is 9.86. The van der Waals surface area contributed by atoms with Crippen molar-refractivity contribution in [2.24, 2.45) is 5.92 Å². The van der Waals surface area contributed by atoms with E-state index in [1.54, 1.807) is 26.4 Å². The summed E-state index contributed by atoms with van der Waals surface area (Å²) in [7, 11) is 3.15. The maximum Gasteiger partial charge on any atom is 0.242 e. The van der Waals surface area contributed by atoms with E-state index in [0.29, 0.717) is 28.6 Å². The van der Waals surface area contributed by atoms with Crippen molar-refractivity contribution >= 4 is 23.2 Å². The molecule has 3 N–H and O–H groups in total. The van der Waals surface area contributed by atoms with Gasteiger partial charge in [-0.25, -0.2) is 0 Å². The summed E-state index contributed by atoms with van der Waals surface area (Å²) in [5, 5.41) is 3.75. The Morgan fingerprint density at radius 1 is 1.16 bits per heavy atom. The van der Waals surface area contributed by atoms with Crippen molar-refractivity contribution in [1.29, 1.82) is 0 Å². The van der Waals surface area contributed by atoms with Crippen molar-refractivity contribution in [3.63, 3.8) is 0 Å². The van der Waals surface area contributed by atoms with Crippen LogP contribution in [0.2, 0.25) is 0 Å². The van der Waals surface area contributed by atoms with E-state index in [1.165, 1.54) is 19.3 Å². The Balaban J connectivity index is 1.79. The Labute approximate surface area is 154 Å². The molecule has 138 valence electrons. The molecule has 2 unspecified atom stereocenters. The van der Waals surface area contributed by atoms with Gasteiger partial charge in [0.1, 0.15) is 0 Å². The van der Waals surface area contributed by atoms with E-state index in [9.17, 15) is 4.79 Å². The molecule has 1 saturated carbocycles. The molecular weight excluding hydrogens is 338 g/mol. The standard InChI is InChI=1S/C18H27N3O3S/c1-12-6-4-5-7-14(12)19-18(25)21-20-17(22)11-13-8-9-15(23-2)16(10-13)24-3/h8-10,12,14H,4-7,11H2,1-3H3,(H,20,22)(H2,19,21,25). The van der Waals surface area contributed by atoms with Gasteiger partial charge in [-0.2, -0.15) is 0 Å². The number of carbonyl (C=O) groups excluding carboxylic acids is 1. The van der Waals surface area contributed by atoms with Crippen molar-refractivity contribution in [3.8, 4) is 11.5 Å². The predicted octanol–water partition coefficient (Wildman–Crippen LogP) is 2.32. The molecule has 0 aromatic heterocycles. The van der Waals surface area contributed by atoms with Crippen LogP contribution in [0.25, 0.3) is 0 Å². The zero-order valence-electron chi connectivity index (χ0n) is 15.1. The van der Waals surface area contributed by atoms with Gasteiger partial charge in [-0.05, 0) is 48.7 Å².